The maximum Gasteiger partial charge on any atom is 0.120 e. The van der Waals surface area contributed by atoms with E-state index in [2.05, 4.69) is 17.4 Å². The Hall–Kier alpha value is -1.22. The summed E-state index contributed by atoms with van der Waals surface area (Å²) in [7, 11) is 1.71. The zero-order chi connectivity index (χ0) is 13.1. The van der Waals surface area contributed by atoms with Gasteiger partial charge in [-0.05, 0) is 37.8 Å². The summed E-state index contributed by atoms with van der Waals surface area (Å²) in [5.74, 6) is 0.910. The van der Waals surface area contributed by atoms with E-state index < -0.39 is 0 Å². The van der Waals surface area contributed by atoms with Gasteiger partial charge in [-0.15, -0.1) is 0 Å². The van der Waals surface area contributed by atoms with Gasteiger partial charge in [0, 0.05) is 24.4 Å². The van der Waals surface area contributed by atoms with Crippen LogP contribution in [0.25, 0.3) is 0 Å². The highest BCUT2D eigenvalue weighted by Gasteiger charge is 2.39. The quantitative estimate of drug-likeness (QED) is 0.901. The van der Waals surface area contributed by atoms with E-state index in [1.165, 1.54) is 25.7 Å². The largest absolute Gasteiger partial charge is 0.497 e. The Balaban J connectivity index is 1.65. The van der Waals surface area contributed by atoms with E-state index in [1.807, 2.05) is 12.1 Å². The third-order valence-electron chi connectivity index (χ3n) is 4.45. The van der Waals surface area contributed by atoms with Gasteiger partial charge in [0.1, 0.15) is 5.75 Å². The second kappa shape index (κ2) is 5.41. The first-order valence-electron chi connectivity index (χ1n) is 7.34. The Morgan fingerprint density at radius 1 is 1.32 bits per heavy atom. The van der Waals surface area contributed by atoms with Gasteiger partial charge in [-0.2, -0.15) is 0 Å². The van der Waals surface area contributed by atoms with E-state index >= 15 is 0 Å². The third-order valence-corrected chi connectivity index (χ3v) is 4.45. The van der Waals surface area contributed by atoms with Gasteiger partial charge in [-0.3, -0.25) is 0 Å². The standard InChI is InChI=1S/C16H23NO2/c1-18-15-6-4-5-13(11-15)17-14-7-10-19-16(12-14)8-2-3-9-16/h4-6,11,14,17H,2-3,7-10,12H2,1H3. The lowest BCUT2D eigenvalue weighted by Gasteiger charge is -2.39. The van der Waals surface area contributed by atoms with Crippen LogP contribution in [0.2, 0.25) is 0 Å². The van der Waals surface area contributed by atoms with Crippen LogP contribution in [0.5, 0.6) is 5.75 Å². The molecule has 1 saturated carbocycles. The molecule has 3 heteroatoms. The molecule has 1 saturated heterocycles. The molecule has 0 aromatic heterocycles. The van der Waals surface area contributed by atoms with E-state index in [1.54, 1.807) is 7.11 Å². The Kier molecular flexibility index (Phi) is 3.65. The predicted octanol–water partition coefficient (Wildman–Crippen LogP) is 3.60. The highest BCUT2D eigenvalue weighted by Crippen LogP contribution is 2.40. The van der Waals surface area contributed by atoms with Crippen molar-refractivity contribution in [3.63, 3.8) is 0 Å². The Morgan fingerprint density at radius 3 is 2.95 bits per heavy atom. The highest BCUT2D eigenvalue weighted by atomic mass is 16.5. The molecule has 3 nitrogen and oxygen atoms in total. The van der Waals surface area contributed by atoms with Gasteiger partial charge in [0.2, 0.25) is 0 Å². The van der Waals surface area contributed by atoms with Crippen molar-refractivity contribution in [1.29, 1.82) is 0 Å². The van der Waals surface area contributed by atoms with Crippen molar-refractivity contribution in [2.75, 3.05) is 19.0 Å². The molecule has 2 aliphatic rings. The molecule has 1 aromatic carbocycles. The van der Waals surface area contributed by atoms with Crippen LogP contribution < -0.4 is 10.1 Å². The first-order chi connectivity index (χ1) is 9.30. The van der Waals surface area contributed by atoms with Crippen molar-refractivity contribution in [1.82, 2.24) is 0 Å². The predicted molar refractivity (Wildman–Crippen MR) is 76.8 cm³/mol. The second-order valence-corrected chi connectivity index (χ2v) is 5.80. The van der Waals surface area contributed by atoms with E-state index in [-0.39, 0.29) is 5.60 Å². The van der Waals surface area contributed by atoms with E-state index in [4.69, 9.17) is 9.47 Å². The van der Waals surface area contributed by atoms with Crippen molar-refractivity contribution >= 4 is 5.69 Å². The SMILES string of the molecule is COc1cccc(NC2CCOC3(CCCC3)C2)c1. The number of anilines is 1. The number of hydrogen-bond donors (Lipinski definition) is 1. The summed E-state index contributed by atoms with van der Waals surface area (Å²) in [6.07, 6.45) is 7.37. The topological polar surface area (TPSA) is 30.5 Å². The molecule has 1 aliphatic heterocycles. The summed E-state index contributed by atoms with van der Waals surface area (Å²) in [4.78, 5) is 0. The van der Waals surface area contributed by atoms with Crippen LogP contribution in [-0.2, 0) is 4.74 Å². The average Bonchev–Trinajstić information content (AvgIpc) is 2.87. The number of benzene rings is 1. The van der Waals surface area contributed by atoms with Crippen LogP contribution in [-0.4, -0.2) is 25.4 Å². The maximum atomic E-state index is 6.07. The molecule has 0 radical (unpaired) electrons. The van der Waals surface area contributed by atoms with Crippen molar-refractivity contribution in [2.24, 2.45) is 0 Å². The van der Waals surface area contributed by atoms with E-state index in [9.17, 15) is 0 Å². The first kappa shape index (κ1) is 12.8. The minimum atomic E-state index is 0.175. The molecule has 1 aliphatic carbocycles. The number of hydrogen-bond acceptors (Lipinski definition) is 3. The van der Waals surface area contributed by atoms with Gasteiger partial charge >= 0.3 is 0 Å². The molecule has 1 unspecified atom stereocenters. The Labute approximate surface area is 115 Å². The monoisotopic (exact) mass is 261 g/mol. The van der Waals surface area contributed by atoms with Crippen LogP contribution in [0.15, 0.2) is 24.3 Å². The summed E-state index contributed by atoms with van der Waals surface area (Å²) in [6, 6.07) is 8.72. The fraction of sp³-hybridized carbons (Fsp3) is 0.625. The number of rotatable bonds is 3. The molecular formula is C16H23NO2. The average molecular weight is 261 g/mol. The maximum absolute atomic E-state index is 6.07. The molecule has 19 heavy (non-hydrogen) atoms. The zero-order valence-electron chi connectivity index (χ0n) is 11.7. The van der Waals surface area contributed by atoms with Gasteiger partial charge in [0.15, 0.2) is 0 Å². The van der Waals surface area contributed by atoms with Gasteiger partial charge in [-0.25, -0.2) is 0 Å². The second-order valence-electron chi connectivity index (χ2n) is 5.80. The zero-order valence-corrected chi connectivity index (χ0v) is 11.7. The van der Waals surface area contributed by atoms with Crippen LogP contribution in [0, 0.1) is 0 Å². The van der Waals surface area contributed by atoms with Crippen molar-refractivity contribution < 1.29 is 9.47 Å². The summed E-state index contributed by atoms with van der Waals surface area (Å²) >= 11 is 0. The van der Waals surface area contributed by atoms with E-state index in [0.717, 1.165) is 30.9 Å². The molecule has 1 N–H and O–H groups in total. The van der Waals surface area contributed by atoms with Gasteiger partial charge < -0.3 is 14.8 Å². The molecule has 1 atom stereocenters. The number of methoxy groups -OCH3 is 1. The lowest BCUT2D eigenvalue weighted by atomic mass is 9.89. The molecule has 0 bridgehead atoms. The minimum absolute atomic E-state index is 0.175. The fourth-order valence-electron chi connectivity index (χ4n) is 3.47. The Morgan fingerprint density at radius 2 is 2.16 bits per heavy atom. The van der Waals surface area contributed by atoms with Gasteiger partial charge in [0.25, 0.3) is 0 Å². The van der Waals surface area contributed by atoms with Gasteiger partial charge in [-0.1, -0.05) is 18.9 Å². The molecular weight excluding hydrogens is 238 g/mol. The molecule has 2 fully saturated rings. The minimum Gasteiger partial charge on any atom is -0.497 e. The molecule has 1 heterocycles. The number of nitrogens with one attached hydrogen (secondary N) is 1. The summed E-state index contributed by atoms with van der Waals surface area (Å²) in [5.41, 5.74) is 1.33. The summed E-state index contributed by atoms with van der Waals surface area (Å²) < 4.78 is 11.3. The first-order valence-corrected chi connectivity index (χ1v) is 7.34. The molecule has 1 spiro atoms. The smallest absolute Gasteiger partial charge is 0.120 e. The molecule has 104 valence electrons. The highest BCUT2D eigenvalue weighted by molar-refractivity contribution is 5.49. The van der Waals surface area contributed by atoms with Crippen molar-refractivity contribution in [3.8, 4) is 5.75 Å². The molecule has 0 amide bonds. The van der Waals surface area contributed by atoms with Crippen LogP contribution >= 0.6 is 0 Å². The number of ether oxygens (including phenoxy) is 2. The normalized spacial score (nSPS) is 25.4. The van der Waals surface area contributed by atoms with Crippen LogP contribution in [0.4, 0.5) is 5.69 Å². The van der Waals surface area contributed by atoms with Crippen LogP contribution in [0.3, 0.4) is 0 Å². The molecule has 1 aromatic rings. The van der Waals surface area contributed by atoms with Crippen LogP contribution in [0.1, 0.15) is 38.5 Å². The van der Waals surface area contributed by atoms with Crippen molar-refractivity contribution in [3.05, 3.63) is 24.3 Å². The van der Waals surface area contributed by atoms with Gasteiger partial charge in [0.05, 0.1) is 12.7 Å². The summed E-state index contributed by atoms with van der Waals surface area (Å²) in [6.45, 7) is 0.891. The summed E-state index contributed by atoms with van der Waals surface area (Å²) in [5, 5.41) is 3.65. The molecule has 3 rings (SSSR count). The van der Waals surface area contributed by atoms with E-state index in [0.29, 0.717) is 6.04 Å². The lowest BCUT2D eigenvalue weighted by Crippen LogP contribution is -2.42. The van der Waals surface area contributed by atoms with Crippen molar-refractivity contribution in [2.45, 2.75) is 50.2 Å². The fourth-order valence-corrected chi connectivity index (χ4v) is 3.47. The Bertz CT molecular complexity index is 427. The lowest BCUT2D eigenvalue weighted by molar-refractivity contribution is -0.0767. The third kappa shape index (κ3) is 2.86.